The zero-order chi connectivity index (χ0) is 17.1. The van der Waals surface area contributed by atoms with E-state index in [4.69, 9.17) is 5.73 Å². The van der Waals surface area contributed by atoms with Crippen molar-refractivity contribution < 1.29 is 9.79 Å². The molecule has 1 aromatic carbocycles. The summed E-state index contributed by atoms with van der Waals surface area (Å²) in [6.45, 7) is 2.48. The van der Waals surface area contributed by atoms with Crippen LogP contribution in [0.25, 0.3) is 11.2 Å². The van der Waals surface area contributed by atoms with Gasteiger partial charge in [-0.2, -0.15) is 0 Å². The molecule has 2 heterocycles. The lowest BCUT2D eigenvalue weighted by Gasteiger charge is -2.14. The molecule has 8 heteroatoms. The average Bonchev–Trinajstić information content (AvgIpc) is 2.92. The summed E-state index contributed by atoms with van der Waals surface area (Å²) in [4.78, 5) is 31.7. The molecule has 0 saturated carbocycles. The molecular formula is C16H20N5O2P. The third kappa shape index (κ3) is 3.53. The van der Waals surface area contributed by atoms with E-state index < -0.39 is 8.38 Å². The maximum Gasteiger partial charge on any atom is 0.168 e. The van der Waals surface area contributed by atoms with Crippen LogP contribution in [0.2, 0.25) is 0 Å². The van der Waals surface area contributed by atoms with Crippen molar-refractivity contribution >= 4 is 25.4 Å². The van der Waals surface area contributed by atoms with Gasteiger partial charge in [0.15, 0.2) is 25.4 Å². The van der Waals surface area contributed by atoms with Gasteiger partial charge in [-0.05, 0) is 12.0 Å². The number of hydrogen-bond acceptors (Lipinski definition) is 6. The van der Waals surface area contributed by atoms with E-state index in [2.05, 4.69) is 27.1 Å². The highest BCUT2D eigenvalue weighted by molar-refractivity contribution is 7.45. The van der Waals surface area contributed by atoms with E-state index in [9.17, 15) is 9.79 Å². The second-order valence-corrected chi connectivity index (χ2v) is 7.24. The van der Waals surface area contributed by atoms with Crippen LogP contribution in [0.1, 0.15) is 18.3 Å². The Balaban J connectivity index is 1.95. The molecule has 24 heavy (non-hydrogen) atoms. The van der Waals surface area contributed by atoms with Crippen molar-refractivity contribution in [3.63, 3.8) is 0 Å². The first-order chi connectivity index (χ1) is 11.6. The van der Waals surface area contributed by atoms with Crippen LogP contribution in [-0.4, -0.2) is 35.0 Å². The van der Waals surface area contributed by atoms with Gasteiger partial charge in [-0.15, -0.1) is 0 Å². The van der Waals surface area contributed by atoms with E-state index in [1.54, 1.807) is 6.92 Å². The largest absolute Gasteiger partial charge is 0.382 e. The number of nitrogens with two attached hydrogens (primary N) is 1. The molecule has 4 N–H and O–H groups in total. The second-order valence-electron chi connectivity index (χ2n) is 5.72. The van der Waals surface area contributed by atoms with Crippen LogP contribution in [0.4, 0.5) is 5.82 Å². The first-order valence-corrected chi connectivity index (χ1v) is 9.04. The van der Waals surface area contributed by atoms with Gasteiger partial charge in [0.25, 0.3) is 0 Å². The molecule has 0 aliphatic rings. The van der Waals surface area contributed by atoms with Crippen LogP contribution < -0.4 is 5.73 Å². The number of benzene rings is 1. The maximum absolute atomic E-state index is 9.44. The van der Waals surface area contributed by atoms with Gasteiger partial charge in [-0.3, -0.25) is 0 Å². The average molecular weight is 345 g/mol. The Morgan fingerprint density at radius 2 is 1.96 bits per heavy atom. The summed E-state index contributed by atoms with van der Waals surface area (Å²) in [5.41, 5.74) is 8.10. The number of nitrogens with zero attached hydrogens (tertiary/aromatic N) is 4. The lowest BCUT2D eigenvalue weighted by molar-refractivity contribution is 0.464. The van der Waals surface area contributed by atoms with Crippen molar-refractivity contribution in [3.8, 4) is 0 Å². The van der Waals surface area contributed by atoms with Crippen molar-refractivity contribution in [1.82, 2.24) is 19.5 Å². The van der Waals surface area contributed by atoms with Crippen LogP contribution in [0.15, 0.2) is 36.7 Å². The highest BCUT2D eigenvalue weighted by Gasteiger charge is 2.20. The zero-order valence-electron chi connectivity index (χ0n) is 13.4. The Labute approximate surface area is 141 Å². The molecular weight excluding hydrogens is 325 g/mol. The van der Waals surface area contributed by atoms with Gasteiger partial charge in [0.05, 0.1) is 0 Å². The summed E-state index contributed by atoms with van der Waals surface area (Å²) in [6.07, 6.45) is 2.70. The Kier molecular flexibility index (Phi) is 5.04. The number of anilines is 1. The molecule has 0 aliphatic heterocycles. The van der Waals surface area contributed by atoms with E-state index in [-0.39, 0.29) is 5.66 Å². The molecule has 0 bridgehead atoms. The summed E-state index contributed by atoms with van der Waals surface area (Å²) in [7, 11) is -2.01. The van der Waals surface area contributed by atoms with Crippen LogP contribution in [-0.2, 0) is 19.4 Å². The SMILES string of the molecule is CC(Cc1nc2c(N)ncnc2n1CCc1ccccc1)P(O)O. The van der Waals surface area contributed by atoms with Crippen molar-refractivity contribution in [2.24, 2.45) is 0 Å². The highest BCUT2D eigenvalue weighted by atomic mass is 31.2. The molecule has 3 aromatic rings. The minimum Gasteiger partial charge on any atom is -0.382 e. The number of aromatic nitrogens is 4. The number of aryl methyl sites for hydroxylation is 2. The Hall–Kier alpha value is -2.08. The monoisotopic (exact) mass is 345 g/mol. The fraction of sp³-hybridized carbons (Fsp3) is 0.312. The number of rotatable bonds is 6. The Morgan fingerprint density at radius 1 is 1.21 bits per heavy atom. The molecule has 3 rings (SSSR count). The van der Waals surface area contributed by atoms with E-state index in [0.29, 0.717) is 29.9 Å². The Bertz CT molecular complexity index is 822. The van der Waals surface area contributed by atoms with Gasteiger partial charge in [0.2, 0.25) is 0 Å². The quantitative estimate of drug-likeness (QED) is 0.588. The normalized spacial score (nSPS) is 12.8. The second kappa shape index (κ2) is 7.21. The van der Waals surface area contributed by atoms with Crippen LogP contribution in [0.5, 0.6) is 0 Å². The molecule has 0 amide bonds. The first kappa shape index (κ1) is 16.8. The van der Waals surface area contributed by atoms with Gasteiger partial charge in [0.1, 0.15) is 12.2 Å². The molecule has 1 unspecified atom stereocenters. The van der Waals surface area contributed by atoms with Gasteiger partial charge in [0, 0.05) is 18.6 Å². The molecule has 2 aromatic heterocycles. The molecule has 0 fully saturated rings. The summed E-state index contributed by atoms with van der Waals surface area (Å²) in [5.74, 6) is 1.08. The summed E-state index contributed by atoms with van der Waals surface area (Å²) >= 11 is 0. The van der Waals surface area contributed by atoms with Crippen LogP contribution in [0.3, 0.4) is 0 Å². The smallest absolute Gasteiger partial charge is 0.168 e. The fourth-order valence-electron chi connectivity index (χ4n) is 2.62. The minimum absolute atomic E-state index is 0.276. The number of nitrogen functional groups attached to an aromatic ring is 1. The van der Waals surface area contributed by atoms with Gasteiger partial charge >= 0.3 is 0 Å². The van der Waals surface area contributed by atoms with Crippen molar-refractivity contribution in [2.45, 2.75) is 32.0 Å². The number of hydrogen-bond donors (Lipinski definition) is 3. The van der Waals surface area contributed by atoms with Gasteiger partial charge in [-0.25, -0.2) is 15.0 Å². The van der Waals surface area contributed by atoms with Crippen molar-refractivity contribution in [1.29, 1.82) is 0 Å². The van der Waals surface area contributed by atoms with E-state index >= 15 is 0 Å². The van der Waals surface area contributed by atoms with E-state index in [0.717, 1.165) is 12.2 Å². The molecule has 7 nitrogen and oxygen atoms in total. The third-order valence-electron chi connectivity index (χ3n) is 3.98. The zero-order valence-corrected chi connectivity index (χ0v) is 14.3. The van der Waals surface area contributed by atoms with Crippen LogP contribution >= 0.6 is 8.38 Å². The molecule has 0 spiro atoms. The maximum atomic E-state index is 9.44. The Morgan fingerprint density at radius 3 is 2.67 bits per heavy atom. The highest BCUT2D eigenvalue weighted by Crippen LogP contribution is 2.33. The summed E-state index contributed by atoms with van der Waals surface area (Å²) < 4.78 is 2.00. The molecule has 0 radical (unpaired) electrons. The van der Waals surface area contributed by atoms with Crippen molar-refractivity contribution in [3.05, 3.63) is 48.0 Å². The van der Waals surface area contributed by atoms with E-state index in [1.165, 1.54) is 11.9 Å². The number of fused-ring (bicyclic) bond motifs is 1. The predicted octanol–water partition coefficient (Wildman–Crippen LogP) is 1.88. The fourth-order valence-corrected chi connectivity index (χ4v) is 2.95. The van der Waals surface area contributed by atoms with E-state index in [1.807, 2.05) is 22.8 Å². The predicted molar refractivity (Wildman–Crippen MR) is 94.4 cm³/mol. The number of imidazole rings is 1. The molecule has 0 saturated heterocycles. The molecule has 1 atom stereocenters. The summed E-state index contributed by atoms with van der Waals surface area (Å²) in [5, 5.41) is 0. The summed E-state index contributed by atoms with van der Waals surface area (Å²) in [6, 6.07) is 10.2. The standard InChI is InChI=1S/C16H20N5O2P/c1-11(24(22)23)9-13-20-14-15(17)18-10-19-16(14)21(13)8-7-12-5-3-2-4-6-12/h2-6,10-11,22-23H,7-9H2,1H3,(H2,17,18,19). The topological polar surface area (TPSA) is 110 Å². The first-order valence-electron chi connectivity index (χ1n) is 7.72. The minimum atomic E-state index is -2.01. The molecule has 126 valence electrons. The lowest BCUT2D eigenvalue weighted by Crippen LogP contribution is -2.12. The van der Waals surface area contributed by atoms with Gasteiger partial charge < -0.3 is 20.1 Å². The lowest BCUT2D eigenvalue weighted by atomic mass is 10.1. The van der Waals surface area contributed by atoms with Gasteiger partial charge in [-0.1, -0.05) is 37.3 Å². The third-order valence-corrected chi connectivity index (χ3v) is 4.95. The van der Waals surface area contributed by atoms with Crippen molar-refractivity contribution in [2.75, 3.05) is 5.73 Å². The van der Waals surface area contributed by atoms with Crippen LogP contribution in [0, 0.1) is 0 Å². The molecule has 0 aliphatic carbocycles.